The van der Waals surface area contributed by atoms with Crippen LogP contribution >= 0.6 is 0 Å². The molecule has 3 rings (SSSR count). The minimum absolute atomic E-state index is 0.235. The van der Waals surface area contributed by atoms with Crippen LogP contribution in [0.25, 0.3) is 0 Å². The number of rotatable bonds is 71. The van der Waals surface area contributed by atoms with Crippen LogP contribution in [0.5, 0.6) is 0 Å². The average molecular weight is 1500 g/mol. The summed E-state index contributed by atoms with van der Waals surface area (Å²) in [6.07, 6.45) is 56.8. The molecule has 1 amide bonds. The number of nitrogens with one attached hydrogen (secondary N) is 1. The van der Waals surface area contributed by atoms with Crippen molar-refractivity contribution in [1.29, 1.82) is 0 Å². The number of aliphatic hydroxyl groups is 11. The van der Waals surface area contributed by atoms with Crippen molar-refractivity contribution in [3.8, 4) is 0 Å². The van der Waals surface area contributed by atoms with E-state index < -0.39 is 124 Å². The minimum Gasteiger partial charge on any atom is -0.394 e. The fourth-order valence-corrected chi connectivity index (χ4v) is 15.0. The highest BCUT2D eigenvalue weighted by Gasteiger charge is 2.54. The van der Waals surface area contributed by atoms with Crippen molar-refractivity contribution in [3.05, 3.63) is 36.5 Å². The number of carbonyl (C=O) groups excluding carboxylic acids is 1. The minimum atomic E-state index is -1.97. The molecule has 19 heteroatoms. The summed E-state index contributed by atoms with van der Waals surface area (Å²) in [5, 5.41) is 121. The summed E-state index contributed by atoms with van der Waals surface area (Å²) in [5.41, 5.74) is 0. The molecular formula is C86H161NO18. The van der Waals surface area contributed by atoms with Gasteiger partial charge >= 0.3 is 0 Å². The normalized spacial score (nSPS) is 25.9. The SMILES string of the molecule is CCCCCCC/C=C\C/C=C\C/C=C\CCCCCCCCCCCCCCCCCCCCCCCCC(=O)NC(COC1OC(CO)C(OC2OC(CO)C(OC3OC(CO)C(O)C(O)C3O)C(O)C2O)C(O)C1O)C(O)CCCCCCCCCCCCCCCCCCCCCCCCC. The zero-order chi connectivity index (χ0) is 76.0. The molecule has 0 aromatic heterocycles. The van der Waals surface area contributed by atoms with E-state index in [-0.39, 0.29) is 18.9 Å². The Hall–Kier alpha value is -1.99. The van der Waals surface area contributed by atoms with Crippen LogP contribution in [-0.2, 0) is 33.2 Å². The maximum atomic E-state index is 13.5. The molecule has 618 valence electrons. The van der Waals surface area contributed by atoms with E-state index in [9.17, 15) is 61.0 Å². The Bertz CT molecular complexity index is 2030. The van der Waals surface area contributed by atoms with Gasteiger partial charge in [0.15, 0.2) is 18.9 Å². The Morgan fingerprint density at radius 3 is 0.981 bits per heavy atom. The van der Waals surface area contributed by atoms with E-state index in [1.165, 1.54) is 283 Å². The molecule has 3 heterocycles. The maximum absolute atomic E-state index is 13.5. The van der Waals surface area contributed by atoms with Crippen molar-refractivity contribution < 1.29 is 89.4 Å². The molecule has 17 unspecified atom stereocenters. The monoisotopic (exact) mass is 1500 g/mol. The van der Waals surface area contributed by atoms with Gasteiger partial charge in [-0.2, -0.15) is 0 Å². The van der Waals surface area contributed by atoms with Crippen LogP contribution in [0.2, 0.25) is 0 Å². The number of ether oxygens (including phenoxy) is 6. The lowest BCUT2D eigenvalue weighted by molar-refractivity contribution is -0.379. The molecule has 0 aromatic carbocycles. The number of aliphatic hydroxyl groups excluding tert-OH is 11. The Morgan fingerprint density at radius 1 is 0.343 bits per heavy atom. The maximum Gasteiger partial charge on any atom is 0.220 e. The summed E-state index contributed by atoms with van der Waals surface area (Å²) in [6.45, 7) is 1.85. The first-order chi connectivity index (χ1) is 51.3. The third-order valence-corrected chi connectivity index (χ3v) is 22.0. The zero-order valence-electron chi connectivity index (χ0n) is 66.5. The molecule has 0 bridgehead atoms. The Balaban J connectivity index is 1.31. The molecule has 3 aliphatic rings. The van der Waals surface area contributed by atoms with Gasteiger partial charge < -0.3 is 89.9 Å². The van der Waals surface area contributed by atoms with E-state index in [1.807, 2.05) is 0 Å². The van der Waals surface area contributed by atoms with Crippen LogP contribution in [0.15, 0.2) is 36.5 Å². The second kappa shape index (κ2) is 66.6. The Labute approximate surface area is 638 Å². The lowest BCUT2D eigenvalue weighted by Gasteiger charge is -2.48. The lowest BCUT2D eigenvalue weighted by atomic mass is 9.96. The predicted molar refractivity (Wildman–Crippen MR) is 420 cm³/mol. The lowest BCUT2D eigenvalue weighted by Crippen LogP contribution is -2.66. The van der Waals surface area contributed by atoms with Gasteiger partial charge in [0.05, 0.1) is 38.6 Å². The second-order valence-corrected chi connectivity index (χ2v) is 31.4. The predicted octanol–water partition coefficient (Wildman–Crippen LogP) is 15.9. The molecule has 0 spiro atoms. The summed E-state index contributed by atoms with van der Waals surface area (Å²) in [7, 11) is 0. The van der Waals surface area contributed by atoms with Gasteiger partial charge in [-0.25, -0.2) is 0 Å². The molecule has 3 aliphatic heterocycles. The second-order valence-electron chi connectivity index (χ2n) is 31.4. The van der Waals surface area contributed by atoms with E-state index in [4.69, 9.17) is 28.4 Å². The summed E-state index contributed by atoms with van der Waals surface area (Å²) in [6, 6.07) is -0.887. The molecule has 12 N–H and O–H groups in total. The highest BCUT2D eigenvalue weighted by atomic mass is 16.8. The van der Waals surface area contributed by atoms with Gasteiger partial charge in [0.2, 0.25) is 5.91 Å². The van der Waals surface area contributed by atoms with Gasteiger partial charge in [0.25, 0.3) is 0 Å². The fourth-order valence-electron chi connectivity index (χ4n) is 15.0. The van der Waals surface area contributed by atoms with Gasteiger partial charge in [0.1, 0.15) is 73.2 Å². The molecule has 0 aliphatic carbocycles. The van der Waals surface area contributed by atoms with Crippen LogP contribution in [-0.4, -0.2) is 193 Å². The van der Waals surface area contributed by atoms with Crippen LogP contribution in [0.3, 0.4) is 0 Å². The van der Waals surface area contributed by atoms with Gasteiger partial charge in [-0.3, -0.25) is 4.79 Å². The summed E-state index contributed by atoms with van der Waals surface area (Å²) in [5.74, 6) is -0.235. The molecule has 105 heavy (non-hydrogen) atoms. The number of allylic oxidation sites excluding steroid dienone is 6. The van der Waals surface area contributed by atoms with E-state index in [0.717, 1.165) is 57.8 Å². The van der Waals surface area contributed by atoms with Crippen molar-refractivity contribution in [2.24, 2.45) is 0 Å². The van der Waals surface area contributed by atoms with Crippen LogP contribution in [0, 0.1) is 0 Å². The first-order valence-corrected chi connectivity index (χ1v) is 43.7. The topological polar surface area (TPSA) is 307 Å². The van der Waals surface area contributed by atoms with E-state index in [0.29, 0.717) is 12.8 Å². The van der Waals surface area contributed by atoms with Gasteiger partial charge in [-0.05, 0) is 51.4 Å². The summed E-state index contributed by atoms with van der Waals surface area (Å²) >= 11 is 0. The van der Waals surface area contributed by atoms with Crippen molar-refractivity contribution in [3.63, 3.8) is 0 Å². The van der Waals surface area contributed by atoms with Crippen LogP contribution < -0.4 is 5.32 Å². The number of hydrogen-bond acceptors (Lipinski definition) is 18. The summed E-state index contributed by atoms with van der Waals surface area (Å²) in [4.78, 5) is 13.5. The van der Waals surface area contributed by atoms with Gasteiger partial charge in [-0.15, -0.1) is 0 Å². The van der Waals surface area contributed by atoms with E-state index in [1.54, 1.807) is 0 Å². The molecule has 0 radical (unpaired) electrons. The molecule has 17 atom stereocenters. The first kappa shape index (κ1) is 97.2. The molecule has 3 fully saturated rings. The quantitative estimate of drug-likeness (QED) is 0.0199. The molecule has 0 saturated carbocycles. The molecule has 0 aromatic rings. The van der Waals surface area contributed by atoms with Crippen molar-refractivity contribution in [2.75, 3.05) is 26.4 Å². The highest BCUT2D eigenvalue weighted by molar-refractivity contribution is 5.76. The number of amides is 1. The molecule has 3 saturated heterocycles. The third-order valence-electron chi connectivity index (χ3n) is 22.0. The van der Waals surface area contributed by atoms with E-state index >= 15 is 0 Å². The highest BCUT2D eigenvalue weighted by Crippen LogP contribution is 2.34. The zero-order valence-corrected chi connectivity index (χ0v) is 66.5. The third kappa shape index (κ3) is 46.0. The van der Waals surface area contributed by atoms with Gasteiger partial charge in [-0.1, -0.05) is 352 Å². The Kier molecular flexibility index (Phi) is 61.7. The van der Waals surface area contributed by atoms with Crippen molar-refractivity contribution in [1.82, 2.24) is 5.32 Å². The average Bonchev–Trinajstić information content (AvgIpc) is 0.779. The molecule has 19 nitrogen and oxygen atoms in total. The number of unbranched alkanes of at least 4 members (excludes halogenated alkanes) is 49. The van der Waals surface area contributed by atoms with Crippen molar-refractivity contribution >= 4 is 5.91 Å². The number of carbonyl (C=O) groups is 1. The largest absolute Gasteiger partial charge is 0.394 e. The van der Waals surface area contributed by atoms with Gasteiger partial charge in [0, 0.05) is 6.42 Å². The smallest absolute Gasteiger partial charge is 0.220 e. The van der Waals surface area contributed by atoms with Crippen molar-refractivity contribution in [2.45, 2.75) is 478 Å². The molecular weight excluding hydrogens is 1330 g/mol. The Morgan fingerprint density at radius 2 is 0.629 bits per heavy atom. The fraction of sp³-hybridized carbons (Fsp3) is 0.919. The van der Waals surface area contributed by atoms with Crippen LogP contribution in [0.4, 0.5) is 0 Å². The first-order valence-electron chi connectivity index (χ1n) is 43.7. The standard InChI is InChI=1S/C86H161NO18/c1-3-5-7-9-11-13-15-17-19-21-23-25-27-28-29-30-31-32-33-34-35-36-37-38-39-40-42-44-46-48-50-52-54-56-58-60-62-64-74(92)87-69(70(91)63-61-59-57-55-53-51-49-47-45-43-41-26-24-22-20-18-16-14-12-10-8-6-4-2)68-100-84-80(98)77(95)82(72(66-89)102-84)105-86-81(99)78(96)83(73(67-90)103-86)104-85-79(97)76(94)75(93)71(65-88)101-85/h15,17,21,23,27-28,69-73,75-86,88-91,93-99H,3-14,16,18-20,22,24-26,29-68H2,1-2H3,(H,87,92)/b17-15-,23-21-,28-27-. The van der Waals surface area contributed by atoms with E-state index in [2.05, 4.69) is 55.6 Å². The van der Waals surface area contributed by atoms with Crippen LogP contribution in [0.1, 0.15) is 373 Å². The summed E-state index contributed by atoms with van der Waals surface area (Å²) < 4.78 is 34.6. The number of hydrogen-bond donors (Lipinski definition) is 12.